The number of nitrogens with zero attached hydrogens (tertiary/aromatic N) is 3. The molecule has 4 N–H and O–H groups in total. The largest absolute Gasteiger partial charge is 0.368 e. The van der Waals surface area contributed by atoms with E-state index in [1.807, 2.05) is 0 Å². The molecule has 1 saturated heterocycles. The van der Waals surface area contributed by atoms with Crippen LogP contribution in [0.1, 0.15) is 40.0 Å². The first-order chi connectivity index (χ1) is 13.0. The summed E-state index contributed by atoms with van der Waals surface area (Å²) in [5.41, 5.74) is 4.43. The second kappa shape index (κ2) is 6.92. The molecule has 0 aromatic carbocycles. The van der Waals surface area contributed by atoms with Gasteiger partial charge in [0.2, 0.25) is 11.8 Å². The summed E-state index contributed by atoms with van der Waals surface area (Å²) in [5, 5.41) is 9.32. The number of hydrogen-bond acceptors (Lipinski definition) is 5. The molecular weight excluding hydrogens is 364 g/mol. The monoisotopic (exact) mass is 390 g/mol. The van der Waals surface area contributed by atoms with Crippen LogP contribution in [0.5, 0.6) is 0 Å². The Morgan fingerprint density at radius 2 is 2.04 bits per heavy atom. The van der Waals surface area contributed by atoms with Crippen molar-refractivity contribution in [1.82, 2.24) is 20.0 Å². The molecule has 10 nitrogen and oxygen atoms in total. The van der Waals surface area contributed by atoms with Gasteiger partial charge >= 0.3 is 6.03 Å². The lowest BCUT2D eigenvalue weighted by Gasteiger charge is -2.43. The van der Waals surface area contributed by atoms with Crippen LogP contribution in [0.15, 0.2) is 12.4 Å². The second-order valence-electron chi connectivity index (χ2n) is 8.70. The molecule has 1 saturated carbocycles. The molecule has 2 fully saturated rings. The molecule has 2 unspecified atom stereocenters. The van der Waals surface area contributed by atoms with Crippen LogP contribution in [0.25, 0.3) is 0 Å². The van der Waals surface area contributed by atoms with Gasteiger partial charge in [0, 0.05) is 6.20 Å². The molecule has 3 rings (SSSR count). The quantitative estimate of drug-likeness (QED) is 0.626. The lowest BCUT2D eigenvalue weighted by atomic mass is 9.64. The molecular formula is C18H26N6O4. The first-order valence-electron chi connectivity index (χ1n) is 9.24. The van der Waals surface area contributed by atoms with Gasteiger partial charge in [-0.25, -0.2) is 4.79 Å². The van der Waals surface area contributed by atoms with Gasteiger partial charge in [-0.2, -0.15) is 5.10 Å². The number of urea groups is 1. The zero-order valence-electron chi connectivity index (χ0n) is 16.3. The number of nitrogens with two attached hydrogens (primary N) is 1. The maximum atomic E-state index is 13.0. The summed E-state index contributed by atoms with van der Waals surface area (Å²) in [6, 6.07) is -0.547. The van der Waals surface area contributed by atoms with Crippen LogP contribution in [0.4, 0.5) is 10.5 Å². The van der Waals surface area contributed by atoms with Gasteiger partial charge in [0.15, 0.2) is 0 Å². The number of nitrogens with one attached hydrogen (secondary N) is 2. The van der Waals surface area contributed by atoms with Crippen LogP contribution in [0, 0.1) is 11.3 Å². The van der Waals surface area contributed by atoms with Crippen LogP contribution >= 0.6 is 0 Å². The number of carbonyl (C=O) groups excluding carboxylic acids is 4. The minimum atomic E-state index is -0.940. The molecule has 10 heteroatoms. The molecule has 2 aliphatic rings. The Balaban J connectivity index is 1.66. The van der Waals surface area contributed by atoms with Crippen LogP contribution in [0.3, 0.4) is 0 Å². The van der Waals surface area contributed by atoms with Gasteiger partial charge in [-0.05, 0) is 30.6 Å². The van der Waals surface area contributed by atoms with Crippen molar-refractivity contribution in [2.75, 3.05) is 11.9 Å². The third kappa shape index (κ3) is 4.00. The summed E-state index contributed by atoms with van der Waals surface area (Å²) in [6.07, 6.45) is 4.90. The van der Waals surface area contributed by atoms with Gasteiger partial charge in [-0.15, -0.1) is 0 Å². The van der Waals surface area contributed by atoms with Gasteiger partial charge in [-0.3, -0.25) is 24.0 Å². The second-order valence-corrected chi connectivity index (χ2v) is 8.70. The average molecular weight is 390 g/mol. The van der Waals surface area contributed by atoms with Crippen molar-refractivity contribution in [3.05, 3.63) is 12.4 Å². The van der Waals surface area contributed by atoms with Crippen molar-refractivity contribution in [1.29, 1.82) is 0 Å². The standard InChI is InChI=1S/C18H26N6O4/c1-11-4-17(2,3)10-18(5-11)15(27)24(16(28)22-18)9-14(26)21-12-6-20-23(7-12)8-13(19)25/h6-7,11H,4-5,8-10H2,1-3H3,(H2,19,25)(H,21,26)(H,22,28). The number of rotatable bonds is 5. The van der Waals surface area contributed by atoms with Crippen molar-refractivity contribution in [2.45, 2.75) is 52.1 Å². The highest BCUT2D eigenvalue weighted by atomic mass is 16.2. The predicted octanol–water partition coefficient (Wildman–Crippen LogP) is 0.444. The molecule has 5 amide bonds. The normalized spacial score (nSPS) is 26.4. The highest BCUT2D eigenvalue weighted by molar-refractivity contribution is 6.10. The number of aromatic nitrogens is 2. The number of hydrogen-bond donors (Lipinski definition) is 3. The number of imide groups is 1. The summed E-state index contributed by atoms with van der Waals surface area (Å²) < 4.78 is 1.28. The van der Waals surface area contributed by atoms with Crippen LogP contribution < -0.4 is 16.4 Å². The molecule has 1 spiro atoms. The molecule has 2 heterocycles. The van der Waals surface area contributed by atoms with Crippen molar-refractivity contribution in [3.8, 4) is 0 Å². The SMILES string of the molecule is CC1CC(C)(C)CC2(C1)NC(=O)N(CC(=O)Nc1cnn(CC(N)=O)c1)C2=O. The topological polar surface area (TPSA) is 139 Å². The first kappa shape index (κ1) is 19.8. The molecule has 1 aliphatic carbocycles. The summed E-state index contributed by atoms with van der Waals surface area (Å²) in [6.45, 7) is 5.74. The van der Waals surface area contributed by atoms with E-state index in [4.69, 9.17) is 5.73 Å². The van der Waals surface area contributed by atoms with E-state index in [0.29, 0.717) is 18.5 Å². The Kier molecular flexibility index (Phi) is 4.90. The van der Waals surface area contributed by atoms with Crippen LogP contribution in [-0.4, -0.2) is 50.5 Å². The van der Waals surface area contributed by atoms with E-state index in [-0.39, 0.29) is 30.3 Å². The molecule has 0 bridgehead atoms. The van der Waals surface area contributed by atoms with E-state index >= 15 is 0 Å². The zero-order chi connectivity index (χ0) is 20.7. The van der Waals surface area contributed by atoms with E-state index in [2.05, 4.69) is 36.5 Å². The number of carbonyl (C=O) groups is 4. The third-order valence-corrected chi connectivity index (χ3v) is 5.16. The Hall–Kier alpha value is -2.91. The van der Waals surface area contributed by atoms with Gasteiger partial charge < -0.3 is 16.4 Å². The fourth-order valence-electron chi connectivity index (χ4n) is 4.67. The van der Waals surface area contributed by atoms with Gasteiger partial charge in [-0.1, -0.05) is 20.8 Å². The van der Waals surface area contributed by atoms with Crippen molar-refractivity contribution in [2.24, 2.45) is 17.1 Å². The number of primary amides is 1. The summed E-state index contributed by atoms with van der Waals surface area (Å²) >= 11 is 0. The molecule has 1 aromatic rings. The van der Waals surface area contributed by atoms with E-state index < -0.39 is 23.4 Å². The van der Waals surface area contributed by atoms with Crippen LogP contribution in [0.2, 0.25) is 0 Å². The highest BCUT2D eigenvalue weighted by Crippen LogP contribution is 2.46. The highest BCUT2D eigenvalue weighted by Gasteiger charge is 2.56. The van der Waals surface area contributed by atoms with Gasteiger partial charge in [0.1, 0.15) is 18.6 Å². The Morgan fingerprint density at radius 1 is 1.32 bits per heavy atom. The van der Waals surface area contributed by atoms with E-state index in [0.717, 1.165) is 11.3 Å². The lowest BCUT2D eigenvalue weighted by molar-refractivity contribution is -0.136. The predicted molar refractivity (Wildman–Crippen MR) is 99.8 cm³/mol. The Labute approximate surface area is 162 Å². The molecule has 0 radical (unpaired) electrons. The fraction of sp³-hybridized carbons (Fsp3) is 0.611. The van der Waals surface area contributed by atoms with E-state index in [1.54, 1.807) is 0 Å². The Bertz CT molecular complexity index is 832. The summed E-state index contributed by atoms with van der Waals surface area (Å²) in [7, 11) is 0. The van der Waals surface area contributed by atoms with E-state index in [9.17, 15) is 19.2 Å². The van der Waals surface area contributed by atoms with Crippen molar-refractivity contribution < 1.29 is 19.2 Å². The zero-order valence-corrected chi connectivity index (χ0v) is 16.3. The van der Waals surface area contributed by atoms with Crippen molar-refractivity contribution in [3.63, 3.8) is 0 Å². The van der Waals surface area contributed by atoms with Gasteiger partial charge in [0.25, 0.3) is 5.91 Å². The van der Waals surface area contributed by atoms with E-state index in [1.165, 1.54) is 17.1 Å². The van der Waals surface area contributed by atoms with Crippen molar-refractivity contribution >= 4 is 29.4 Å². The third-order valence-electron chi connectivity index (χ3n) is 5.16. The fourth-order valence-corrected chi connectivity index (χ4v) is 4.67. The van der Waals surface area contributed by atoms with Gasteiger partial charge in [0.05, 0.1) is 11.9 Å². The minimum Gasteiger partial charge on any atom is -0.368 e. The smallest absolute Gasteiger partial charge is 0.325 e. The number of anilines is 1. The van der Waals surface area contributed by atoms with Crippen LogP contribution in [-0.2, 0) is 20.9 Å². The minimum absolute atomic E-state index is 0.0755. The average Bonchev–Trinajstić information content (AvgIpc) is 3.03. The lowest BCUT2D eigenvalue weighted by Crippen LogP contribution is -2.54. The molecule has 28 heavy (non-hydrogen) atoms. The first-order valence-corrected chi connectivity index (χ1v) is 9.24. The molecule has 2 atom stereocenters. The summed E-state index contributed by atoms with van der Waals surface area (Å²) in [5.74, 6) is -1.15. The number of amides is 5. The maximum Gasteiger partial charge on any atom is 0.325 e. The maximum absolute atomic E-state index is 13.0. The molecule has 1 aliphatic heterocycles. The molecule has 1 aromatic heterocycles. The molecule has 152 valence electrons. The summed E-state index contributed by atoms with van der Waals surface area (Å²) in [4.78, 5) is 49.7. The Morgan fingerprint density at radius 3 is 2.68 bits per heavy atom.